The number of rotatable bonds is 2. The first-order valence-corrected chi connectivity index (χ1v) is 3.49. The first-order chi connectivity index (χ1) is 2.77. The van der Waals surface area contributed by atoms with Gasteiger partial charge in [0.25, 0.3) is 0 Å². The van der Waals surface area contributed by atoms with Crippen LogP contribution in [0.4, 0.5) is 0 Å². The van der Waals surface area contributed by atoms with E-state index < -0.39 is 0 Å². The molecule has 0 amide bonds. The third kappa shape index (κ3) is 4.86. The lowest BCUT2D eigenvalue weighted by atomic mass is 9.39. The summed E-state index contributed by atoms with van der Waals surface area (Å²) in [6.07, 6.45) is 1.20. The van der Waals surface area contributed by atoms with Crippen molar-refractivity contribution in [3.63, 3.8) is 0 Å². The van der Waals surface area contributed by atoms with Gasteiger partial charge in [-0.05, 0) is 0 Å². The van der Waals surface area contributed by atoms with Crippen LogP contribution in [0, 0.1) is 0 Å². The highest BCUT2D eigenvalue weighted by Gasteiger charge is 1.96. The van der Waals surface area contributed by atoms with Gasteiger partial charge in [0.05, 0.1) is 7.17 Å². The van der Waals surface area contributed by atoms with Crippen molar-refractivity contribution in [2.75, 3.05) is 0 Å². The van der Waals surface area contributed by atoms with Crippen molar-refractivity contribution in [2.45, 2.75) is 20.1 Å². The lowest BCUT2D eigenvalue weighted by molar-refractivity contribution is 1.47. The van der Waals surface area contributed by atoms with E-state index >= 15 is 0 Å². The van der Waals surface area contributed by atoms with Gasteiger partial charge in [0, 0.05) is 0 Å². The highest BCUT2D eigenvalue weighted by molar-refractivity contribution is 14.1. The molecule has 0 spiro atoms. The van der Waals surface area contributed by atoms with Gasteiger partial charge in [-0.15, -0.1) is 0 Å². The third-order valence-corrected chi connectivity index (χ3v) is 1.07. The molecule has 3 heteroatoms. The standard InChI is InChI=1S/C3H8B2I/c1-3-4-5(2)6/h3H2,1-2H3. The molecule has 0 N–H and O–H groups in total. The molecule has 0 rings (SSSR count). The molecule has 6 heavy (non-hydrogen) atoms. The third-order valence-electron chi connectivity index (χ3n) is 0.560. The predicted molar refractivity (Wildman–Crippen MR) is 41.9 cm³/mol. The maximum atomic E-state index is 2.39. The fraction of sp³-hybridized carbons (Fsp3) is 1.00. The molecule has 0 aliphatic rings. The van der Waals surface area contributed by atoms with Crippen molar-refractivity contribution in [2.24, 2.45) is 0 Å². The summed E-state index contributed by atoms with van der Waals surface area (Å²) >= 11 is 2.39. The molecule has 0 fully saturated rings. The van der Waals surface area contributed by atoms with E-state index in [1.807, 2.05) is 0 Å². The van der Waals surface area contributed by atoms with Gasteiger partial charge in [0.15, 0.2) is 4.46 Å². The second-order valence-corrected chi connectivity index (χ2v) is 3.29. The fourth-order valence-corrected chi connectivity index (χ4v) is 0.833. The molecule has 0 atom stereocenters. The van der Waals surface area contributed by atoms with Crippen molar-refractivity contribution >= 4 is 34.0 Å². The van der Waals surface area contributed by atoms with E-state index in [2.05, 4.69) is 43.3 Å². The van der Waals surface area contributed by atoms with Crippen molar-refractivity contribution in [1.82, 2.24) is 0 Å². The van der Waals surface area contributed by atoms with E-state index in [1.165, 1.54) is 6.32 Å². The van der Waals surface area contributed by atoms with Crippen LogP contribution in [-0.4, -0.2) is 11.6 Å². The summed E-state index contributed by atoms with van der Waals surface area (Å²) in [6, 6.07) is 0. The zero-order chi connectivity index (χ0) is 4.99. The van der Waals surface area contributed by atoms with Gasteiger partial charge in [0.2, 0.25) is 0 Å². The quantitative estimate of drug-likeness (QED) is 0.461. The van der Waals surface area contributed by atoms with Crippen LogP contribution in [0.2, 0.25) is 13.1 Å². The molecule has 0 aliphatic heterocycles. The van der Waals surface area contributed by atoms with Gasteiger partial charge in [-0.1, -0.05) is 20.1 Å². The van der Waals surface area contributed by atoms with Gasteiger partial charge >= 0.3 is 0 Å². The summed E-state index contributed by atoms with van der Waals surface area (Å²) in [6.45, 7) is 4.35. The van der Waals surface area contributed by atoms with E-state index in [0.29, 0.717) is 0 Å². The molecular formula is C3H8B2I. The molecule has 0 aromatic heterocycles. The van der Waals surface area contributed by atoms with Crippen molar-refractivity contribution in [1.29, 1.82) is 0 Å². The molecule has 0 bridgehead atoms. The summed E-state index contributed by atoms with van der Waals surface area (Å²) in [5, 5.41) is 0. The first kappa shape index (κ1) is 6.86. The normalized spacial score (nSPS) is 7.83. The summed E-state index contributed by atoms with van der Waals surface area (Å²) in [5.41, 5.74) is 0. The lowest BCUT2D eigenvalue weighted by Gasteiger charge is -1.86. The Hall–Kier alpha value is 0.860. The average Bonchev–Trinajstić information content (AvgIpc) is 1.35. The summed E-state index contributed by atoms with van der Waals surface area (Å²) < 4.78 is 0.743. The van der Waals surface area contributed by atoms with E-state index in [4.69, 9.17) is 0 Å². The Kier molecular flexibility index (Phi) is 4.61. The van der Waals surface area contributed by atoms with Crippen LogP contribution in [0.25, 0.3) is 0 Å². The Balaban J connectivity index is 2.63. The van der Waals surface area contributed by atoms with E-state index in [0.717, 1.165) is 4.46 Å². The number of halogens is 1. The van der Waals surface area contributed by atoms with Crippen LogP contribution in [0.5, 0.6) is 0 Å². The molecule has 0 nitrogen and oxygen atoms in total. The summed E-state index contributed by atoms with van der Waals surface area (Å²) in [4.78, 5) is 0. The van der Waals surface area contributed by atoms with Crippen molar-refractivity contribution in [3.8, 4) is 0 Å². The Labute approximate surface area is 54.3 Å². The monoisotopic (exact) mass is 193 g/mol. The molecule has 0 aromatic rings. The molecule has 33 valence electrons. The smallest absolute Gasteiger partial charge is 0.161 e. The minimum Gasteiger partial charge on any atom is -0.161 e. The zero-order valence-corrected chi connectivity index (χ0v) is 6.40. The summed E-state index contributed by atoms with van der Waals surface area (Å²) in [7, 11) is 2.28. The maximum absolute atomic E-state index is 2.39. The Bertz CT molecular complexity index is 30.0. The predicted octanol–water partition coefficient (Wildman–Crippen LogP) is 1.68. The number of hydrogen-bond donors (Lipinski definition) is 0. The minimum atomic E-state index is 0.743. The van der Waals surface area contributed by atoms with E-state index in [1.54, 1.807) is 0 Å². The van der Waals surface area contributed by atoms with Crippen LogP contribution in [0.1, 0.15) is 6.92 Å². The van der Waals surface area contributed by atoms with Crippen LogP contribution in [-0.2, 0) is 0 Å². The van der Waals surface area contributed by atoms with Gasteiger partial charge in [-0.25, -0.2) is 0 Å². The first-order valence-electron chi connectivity index (χ1n) is 2.24. The van der Waals surface area contributed by atoms with Gasteiger partial charge in [-0.2, -0.15) is 22.4 Å². The Morgan fingerprint density at radius 1 is 1.83 bits per heavy atom. The van der Waals surface area contributed by atoms with Crippen LogP contribution in [0.3, 0.4) is 0 Å². The van der Waals surface area contributed by atoms with Gasteiger partial charge in [-0.3, -0.25) is 0 Å². The van der Waals surface area contributed by atoms with Gasteiger partial charge < -0.3 is 0 Å². The molecule has 0 aliphatic carbocycles. The highest BCUT2D eigenvalue weighted by atomic mass is 127. The van der Waals surface area contributed by atoms with E-state index in [-0.39, 0.29) is 0 Å². The van der Waals surface area contributed by atoms with Crippen molar-refractivity contribution in [3.05, 3.63) is 0 Å². The second-order valence-electron chi connectivity index (χ2n) is 1.32. The average molecular weight is 193 g/mol. The maximum Gasteiger partial charge on any atom is 0.174 e. The zero-order valence-electron chi connectivity index (χ0n) is 4.24. The molecule has 0 unspecified atom stereocenters. The van der Waals surface area contributed by atoms with Crippen LogP contribution < -0.4 is 0 Å². The molecular weight excluding hydrogens is 185 g/mol. The molecule has 1 radical (unpaired) electrons. The van der Waals surface area contributed by atoms with Crippen LogP contribution in [0.15, 0.2) is 0 Å². The lowest BCUT2D eigenvalue weighted by Crippen LogP contribution is -2.05. The van der Waals surface area contributed by atoms with Crippen LogP contribution >= 0.6 is 22.4 Å². The Morgan fingerprint density at radius 3 is 2.33 bits per heavy atom. The topological polar surface area (TPSA) is 0 Å². The second kappa shape index (κ2) is 4.03. The largest absolute Gasteiger partial charge is 0.174 e. The fourth-order valence-electron chi connectivity index (χ4n) is 0.325. The molecule has 0 aromatic carbocycles. The summed E-state index contributed by atoms with van der Waals surface area (Å²) in [5.74, 6) is 0. The molecule has 0 heterocycles. The highest BCUT2D eigenvalue weighted by Crippen LogP contribution is 1.91. The number of hydrogen-bond acceptors (Lipinski definition) is 0. The SMILES string of the molecule is CC[B]B(C)I. The molecule has 0 saturated carbocycles. The van der Waals surface area contributed by atoms with Crippen molar-refractivity contribution < 1.29 is 0 Å². The minimum absolute atomic E-state index is 0.743. The molecule has 0 saturated heterocycles. The Morgan fingerprint density at radius 2 is 2.33 bits per heavy atom. The van der Waals surface area contributed by atoms with Gasteiger partial charge in [0.1, 0.15) is 0 Å². The van der Waals surface area contributed by atoms with E-state index in [9.17, 15) is 0 Å².